The lowest BCUT2D eigenvalue weighted by Gasteiger charge is -2.12. The minimum atomic E-state index is -0.687. The predicted octanol–water partition coefficient (Wildman–Crippen LogP) is 3.90. The summed E-state index contributed by atoms with van der Waals surface area (Å²) in [4.78, 5) is 24.0. The van der Waals surface area contributed by atoms with Gasteiger partial charge in [-0.05, 0) is 48.7 Å². The molecule has 2 aromatic carbocycles. The number of rotatable bonds is 3. The van der Waals surface area contributed by atoms with Crippen molar-refractivity contribution in [3.05, 3.63) is 58.1 Å². The zero-order valence-electron chi connectivity index (χ0n) is 12.4. The van der Waals surface area contributed by atoms with Gasteiger partial charge in [-0.3, -0.25) is 9.59 Å². The highest BCUT2D eigenvalue weighted by Crippen LogP contribution is 2.21. The van der Waals surface area contributed by atoms with E-state index in [1.54, 1.807) is 24.3 Å². The van der Waals surface area contributed by atoms with E-state index in [1.807, 2.05) is 32.0 Å². The SMILES string of the molecule is CCc1cccc(C)c1NC(=O)C(=O)Nc1ccc(Br)cc1. The van der Waals surface area contributed by atoms with Gasteiger partial charge in [-0.15, -0.1) is 0 Å². The number of anilines is 2. The topological polar surface area (TPSA) is 58.2 Å². The van der Waals surface area contributed by atoms with Gasteiger partial charge in [-0.1, -0.05) is 41.1 Å². The van der Waals surface area contributed by atoms with Gasteiger partial charge in [0.05, 0.1) is 0 Å². The Labute approximate surface area is 138 Å². The van der Waals surface area contributed by atoms with Gasteiger partial charge in [-0.25, -0.2) is 0 Å². The Kier molecular flexibility index (Phi) is 5.33. The number of halogens is 1. The Morgan fingerprint density at radius 2 is 1.64 bits per heavy atom. The van der Waals surface area contributed by atoms with Crippen LogP contribution in [0.1, 0.15) is 18.1 Å². The zero-order chi connectivity index (χ0) is 16.1. The van der Waals surface area contributed by atoms with Crippen molar-refractivity contribution < 1.29 is 9.59 Å². The van der Waals surface area contributed by atoms with Crippen molar-refractivity contribution in [1.29, 1.82) is 0 Å². The van der Waals surface area contributed by atoms with Gasteiger partial charge in [0, 0.05) is 15.8 Å². The van der Waals surface area contributed by atoms with Gasteiger partial charge in [0.25, 0.3) is 0 Å². The minimum Gasteiger partial charge on any atom is -0.318 e. The third kappa shape index (κ3) is 3.95. The molecule has 5 heteroatoms. The normalized spacial score (nSPS) is 10.1. The van der Waals surface area contributed by atoms with Crippen LogP contribution in [0, 0.1) is 6.92 Å². The van der Waals surface area contributed by atoms with E-state index < -0.39 is 11.8 Å². The lowest BCUT2D eigenvalue weighted by Crippen LogP contribution is -2.29. The lowest BCUT2D eigenvalue weighted by atomic mass is 10.1. The van der Waals surface area contributed by atoms with Crippen molar-refractivity contribution >= 4 is 39.1 Å². The number of para-hydroxylation sites is 1. The molecule has 2 rings (SSSR count). The second-order valence-electron chi connectivity index (χ2n) is 4.88. The van der Waals surface area contributed by atoms with Gasteiger partial charge < -0.3 is 10.6 Å². The standard InChI is InChI=1S/C17H17BrN2O2/c1-3-12-6-4-5-11(2)15(12)20-17(22)16(21)19-14-9-7-13(18)8-10-14/h4-10H,3H2,1-2H3,(H,19,21)(H,20,22). The van der Waals surface area contributed by atoms with Crippen LogP contribution in [0.5, 0.6) is 0 Å². The van der Waals surface area contributed by atoms with E-state index in [0.717, 1.165) is 22.0 Å². The molecule has 0 aromatic heterocycles. The van der Waals surface area contributed by atoms with Crippen LogP contribution < -0.4 is 10.6 Å². The van der Waals surface area contributed by atoms with E-state index in [2.05, 4.69) is 26.6 Å². The zero-order valence-corrected chi connectivity index (χ0v) is 14.0. The van der Waals surface area contributed by atoms with Crippen molar-refractivity contribution in [3.63, 3.8) is 0 Å². The Morgan fingerprint density at radius 1 is 1.00 bits per heavy atom. The fourth-order valence-electron chi connectivity index (χ4n) is 2.09. The molecule has 0 bridgehead atoms. The fraction of sp³-hybridized carbons (Fsp3) is 0.176. The highest BCUT2D eigenvalue weighted by molar-refractivity contribution is 9.10. The first-order chi connectivity index (χ1) is 10.5. The summed E-state index contributed by atoms with van der Waals surface area (Å²) in [6.07, 6.45) is 0.783. The molecule has 0 spiro atoms. The molecule has 0 aliphatic carbocycles. The first-order valence-corrected chi connectivity index (χ1v) is 7.77. The third-order valence-corrected chi connectivity index (χ3v) is 3.82. The molecule has 0 saturated heterocycles. The number of benzene rings is 2. The first-order valence-electron chi connectivity index (χ1n) is 6.97. The maximum atomic E-state index is 12.1. The predicted molar refractivity (Wildman–Crippen MR) is 92.0 cm³/mol. The molecule has 4 nitrogen and oxygen atoms in total. The molecule has 0 saturated carbocycles. The van der Waals surface area contributed by atoms with E-state index in [-0.39, 0.29) is 0 Å². The van der Waals surface area contributed by atoms with Gasteiger partial charge in [0.2, 0.25) is 0 Å². The largest absolute Gasteiger partial charge is 0.318 e. The summed E-state index contributed by atoms with van der Waals surface area (Å²) in [6.45, 7) is 3.91. The third-order valence-electron chi connectivity index (χ3n) is 3.29. The Hall–Kier alpha value is -2.14. The van der Waals surface area contributed by atoms with E-state index in [9.17, 15) is 9.59 Å². The van der Waals surface area contributed by atoms with Crippen LogP contribution in [0.2, 0.25) is 0 Å². The Bertz CT molecular complexity index is 696. The van der Waals surface area contributed by atoms with Gasteiger partial charge >= 0.3 is 11.8 Å². The second kappa shape index (κ2) is 7.22. The molecule has 0 atom stereocenters. The van der Waals surface area contributed by atoms with Crippen LogP contribution in [0.15, 0.2) is 46.9 Å². The number of carbonyl (C=O) groups is 2. The molecule has 0 aliphatic heterocycles. The second-order valence-corrected chi connectivity index (χ2v) is 5.79. The first kappa shape index (κ1) is 16.2. The number of amides is 2. The molecule has 0 heterocycles. The average Bonchev–Trinajstić information content (AvgIpc) is 2.51. The Morgan fingerprint density at radius 3 is 2.27 bits per heavy atom. The van der Waals surface area contributed by atoms with Crippen molar-refractivity contribution in [2.24, 2.45) is 0 Å². The van der Waals surface area contributed by atoms with Gasteiger partial charge in [0.1, 0.15) is 0 Å². The number of carbonyl (C=O) groups excluding carboxylic acids is 2. The molecule has 2 amide bonds. The van der Waals surface area contributed by atoms with Crippen molar-refractivity contribution in [2.45, 2.75) is 20.3 Å². The van der Waals surface area contributed by atoms with Gasteiger partial charge in [0.15, 0.2) is 0 Å². The maximum absolute atomic E-state index is 12.1. The van der Waals surface area contributed by atoms with Crippen LogP contribution in [0.3, 0.4) is 0 Å². The van der Waals surface area contributed by atoms with Crippen molar-refractivity contribution in [2.75, 3.05) is 10.6 Å². The summed E-state index contributed by atoms with van der Waals surface area (Å²) in [7, 11) is 0. The number of nitrogens with one attached hydrogen (secondary N) is 2. The minimum absolute atomic E-state index is 0.573. The maximum Gasteiger partial charge on any atom is 0.314 e. The molecule has 0 aliphatic rings. The average molecular weight is 361 g/mol. The van der Waals surface area contributed by atoms with Crippen LogP contribution in [-0.4, -0.2) is 11.8 Å². The summed E-state index contributed by atoms with van der Waals surface area (Å²) in [5, 5.41) is 5.28. The molecule has 2 aromatic rings. The molecule has 0 fully saturated rings. The van der Waals surface area contributed by atoms with E-state index in [4.69, 9.17) is 0 Å². The van der Waals surface area contributed by atoms with Crippen LogP contribution >= 0.6 is 15.9 Å². The molecular formula is C17H17BrN2O2. The van der Waals surface area contributed by atoms with E-state index in [0.29, 0.717) is 11.4 Å². The van der Waals surface area contributed by atoms with Crippen LogP contribution in [0.4, 0.5) is 11.4 Å². The van der Waals surface area contributed by atoms with Crippen molar-refractivity contribution in [3.8, 4) is 0 Å². The highest BCUT2D eigenvalue weighted by atomic mass is 79.9. The quantitative estimate of drug-likeness (QED) is 0.815. The smallest absolute Gasteiger partial charge is 0.314 e. The van der Waals surface area contributed by atoms with Crippen molar-refractivity contribution in [1.82, 2.24) is 0 Å². The van der Waals surface area contributed by atoms with E-state index in [1.165, 1.54) is 0 Å². The molecule has 22 heavy (non-hydrogen) atoms. The molecule has 114 valence electrons. The monoisotopic (exact) mass is 360 g/mol. The number of hydrogen-bond donors (Lipinski definition) is 2. The molecule has 0 radical (unpaired) electrons. The summed E-state index contributed by atoms with van der Waals surface area (Å²) in [5.74, 6) is -1.36. The van der Waals surface area contributed by atoms with Crippen LogP contribution in [0.25, 0.3) is 0 Å². The summed E-state index contributed by atoms with van der Waals surface area (Å²) < 4.78 is 0.905. The number of aryl methyl sites for hydroxylation is 2. The summed E-state index contributed by atoms with van der Waals surface area (Å²) in [5.41, 5.74) is 3.22. The molecule has 2 N–H and O–H groups in total. The van der Waals surface area contributed by atoms with E-state index >= 15 is 0 Å². The Balaban J connectivity index is 2.09. The van der Waals surface area contributed by atoms with Gasteiger partial charge in [-0.2, -0.15) is 0 Å². The molecular weight excluding hydrogens is 344 g/mol. The highest BCUT2D eigenvalue weighted by Gasteiger charge is 2.16. The summed E-state index contributed by atoms with van der Waals surface area (Å²) in [6, 6.07) is 12.8. The fourth-order valence-corrected chi connectivity index (χ4v) is 2.36. The molecule has 0 unspecified atom stereocenters. The van der Waals surface area contributed by atoms with Crippen LogP contribution in [-0.2, 0) is 16.0 Å². The summed E-state index contributed by atoms with van der Waals surface area (Å²) >= 11 is 3.32. The lowest BCUT2D eigenvalue weighted by molar-refractivity contribution is -0.133. The number of hydrogen-bond acceptors (Lipinski definition) is 2.